The van der Waals surface area contributed by atoms with Crippen LogP contribution in [0.5, 0.6) is 17.2 Å². The molecule has 2 amide bonds. The third-order valence-electron chi connectivity index (χ3n) is 4.68. The second kappa shape index (κ2) is 9.39. The molecule has 0 saturated carbocycles. The Hall–Kier alpha value is -3.41. The molecule has 1 heterocycles. The van der Waals surface area contributed by atoms with Gasteiger partial charge in [0.25, 0.3) is 15.9 Å². The number of alkyl halides is 2. The molecule has 0 saturated heterocycles. The molecule has 32 heavy (non-hydrogen) atoms. The third-order valence-corrected chi connectivity index (χ3v) is 6.45. The monoisotopic (exact) mass is 470 g/mol. The number of hydrogen-bond acceptors (Lipinski definition) is 7. The molecule has 0 aromatic heterocycles. The third kappa shape index (κ3) is 4.74. The molecule has 0 fully saturated rings. The van der Waals surface area contributed by atoms with E-state index in [9.17, 15) is 26.8 Å². The summed E-state index contributed by atoms with van der Waals surface area (Å²) in [5.74, 6) is -1.18. The van der Waals surface area contributed by atoms with Crippen molar-refractivity contribution >= 4 is 21.8 Å². The zero-order valence-electron chi connectivity index (χ0n) is 17.1. The minimum atomic E-state index is -4.23. The number of benzene rings is 2. The zero-order chi connectivity index (χ0) is 23.5. The molecule has 0 bridgehead atoms. The highest BCUT2D eigenvalue weighted by Gasteiger charge is 2.43. The molecular formula is C20H20F2N2O7S. The summed E-state index contributed by atoms with van der Waals surface area (Å²) in [6, 6.07) is 8.32. The maximum atomic E-state index is 12.8. The Morgan fingerprint density at radius 2 is 1.72 bits per heavy atom. The first-order valence-corrected chi connectivity index (χ1v) is 10.7. The molecule has 12 heteroatoms. The summed E-state index contributed by atoms with van der Waals surface area (Å²) in [6.07, 6.45) is 0.357. The smallest absolute Gasteiger partial charge is 0.387 e. The summed E-state index contributed by atoms with van der Waals surface area (Å²) in [5, 5.41) is 2.54. The van der Waals surface area contributed by atoms with Crippen molar-refractivity contribution in [2.45, 2.75) is 17.9 Å². The number of sulfonamides is 1. The van der Waals surface area contributed by atoms with Gasteiger partial charge in [0, 0.05) is 12.6 Å². The van der Waals surface area contributed by atoms with Gasteiger partial charge in [-0.05, 0) is 30.2 Å². The molecule has 0 atom stereocenters. The Bertz CT molecular complexity index is 1120. The predicted octanol–water partition coefficient (Wildman–Crippen LogP) is 1.81. The van der Waals surface area contributed by atoms with Crippen molar-refractivity contribution < 1.29 is 41.0 Å². The number of methoxy groups -OCH3 is 2. The number of amides is 2. The fourth-order valence-electron chi connectivity index (χ4n) is 3.13. The lowest BCUT2D eigenvalue weighted by atomic mass is 10.1. The van der Waals surface area contributed by atoms with Crippen molar-refractivity contribution in [3.05, 3.63) is 47.5 Å². The number of carbonyl (C=O) groups excluding carboxylic acids is 2. The summed E-state index contributed by atoms with van der Waals surface area (Å²) >= 11 is 0. The SMILES string of the molecule is COc1cc2c(cc1OC)S(=O)(=O)N(CC(=O)NCCc1ccc(OC(F)F)cc1)C2=O. The lowest BCUT2D eigenvalue weighted by Crippen LogP contribution is -2.40. The van der Waals surface area contributed by atoms with Crippen molar-refractivity contribution in [3.63, 3.8) is 0 Å². The van der Waals surface area contributed by atoms with Crippen LogP contribution in [-0.2, 0) is 21.2 Å². The van der Waals surface area contributed by atoms with Gasteiger partial charge < -0.3 is 19.5 Å². The number of fused-ring (bicyclic) bond motifs is 1. The van der Waals surface area contributed by atoms with Crippen LogP contribution in [0.1, 0.15) is 15.9 Å². The number of nitrogens with zero attached hydrogens (tertiary/aromatic N) is 1. The van der Waals surface area contributed by atoms with Gasteiger partial charge in [0.1, 0.15) is 17.2 Å². The first-order chi connectivity index (χ1) is 15.2. The number of ether oxygens (including phenoxy) is 3. The first kappa shape index (κ1) is 23.3. The molecule has 0 spiro atoms. The summed E-state index contributed by atoms with van der Waals surface area (Å²) in [6.45, 7) is -3.47. The Labute approximate surface area is 182 Å². The highest BCUT2D eigenvalue weighted by atomic mass is 32.2. The molecule has 0 radical (unpaired) electrons. The van der Waals surface area contributed by atoms with Crippen LogP contribution >= 0.6 is 0 Å². The molecule has 3 rings (SSSR count). The number of nitrogens with one attached hydrogen (secondary N) is 1. The molecule has 0 aliphatic carbocycles. The molecule has 9 nitrogen and oxygen atoms in total. The van der Waals surface area contributed by atoms with E-state index in [4.69, 9.17) is 9.47 Å². The van der Waals surface area contributed by atoms with Crippen LogP contribution < -0.4 is 19.5 Å². The van der Waals surface area contributed by atoms with Crippen LogP contribution in [0.2, 0.25) is 0 Å². The number of rotatable bonds is 9. The maximum absolute atomic E-state index is 12.8. The Morgan fingerprint density at radius 1 is 1.09 bits per heavy atom. The van der Waals surface area contributed by atoms with Crippen molar-refractivity contribution in [1.82, 2.24) is 9.62 Å². The van der Waals surface area contributed by atoms with Crippen LogP contribution in [0.4, 0.5) is 8.78 Å². The standard InChI is InChI=1S/C20H20F2N2O7S/c1-29-15-9-14-17(10-16(15)30-2)32(27,28)24(19(14)26)11-18(25)23-8-7-12-3-5-13(6-4-12)31-20(21)22/h3-6,9-10,20H,7-8,11H2,1-2H3,(H,23,25). The van der Waals surface area contributed by atoms with Gasteiger partial charge in [-0.25, -0.2) is 12.7 Å². The molecule has 172 valence electrons. The van der Waals surface area contributed by atoms with Crippen LogP contribution in [0.15, 0.2) is 41.3 Å². The highest BCUT2D eigenvalue weighted by molar-refractivity contribution is 7.90. The predicted molar refractivity (Wildman–Crippen MR) is 108 cm³/mol. The molecular weight excluding hydrogens is 450 g/mol. The number of carbonyl (C=O) groups is 2. The van der Waals surface area contributed by atoms with E-state index in [-0.39, 0.29) is 34.3 Å². The van der Waals surface area contributed by atoms with Crippen molar-refractivity contribution in [2.75, 3.05) is 27.3 Å². The van der Waals surface area contributed by atoms with E-state index >= 15 is 0 Å². The van der Waals surface area contributed by atoms with Crippen LogP contribution in [0.25, 0.3) is 0 Å². The largest absolute Gasteiger partial charge is 0.493 e. The topological polar surface area (TPSA) is 111 Å². The van der Waals surface area contributed by atoms with E-state index in [1.165, 1.54) is 38.5 Å². The number of halogens is 2. The molecule has 2 aromatic rings. The lowest BCUT2D eigenvalue weighted by molar-refractivity contribution is -0.121. The average Bonchev–Trinajstić information content (AvgIpc) is 2.93. The van der Waals surface area contributed by atoms with E-state index in [1.807, 2.05) is 0 Å². The van der Waals surface area contributed by atoms with Crippen LogP contribution in [0, 0.1) is 0 Å². The molecule has 1 aliphatic heterocycles. The van der Waals surface area contributed by atoms with Crippen molar-refractivity contribution in [3.8, 4) is 17.2 Å². The zero-order valence-corrected chi connectivity index (χ0v) is 17.9. The second-order valence-corrected chi connectivity index (χ2v) is 8.47. The van der Waals surface area contributed by atoms with Gasteiger partial charge in [0.05, 0.1) is 19.8 Å². The van der Waals surface area contributed by atoms with Gasteiger partial charge in [0.15, 0.2) is 11.5 Å². The minimum absolute atomic E-state index is 0.0124. The Kier molecular flexibility index (Phi) is 6.82. The van der Waals surface area contributed by atoms with Crippen LogP contribution in [0.3, 0.4) is 0 Å². The van der Waals surface area contributed by atoms with E-state index in [2.05, 4.69) is 10.1 Å². The summed E-state index contributed by atoms with van der Waals surface area (Å²) in [4.78, 5) is 24.6. The fraction of sp³-hybridized carbons (Fsp3) is 0.300. The summed E-state index contributed by atoms with van der Waals surface area (Å²) in [5.41, 5.74) is 0.630. The van der Waals surface area contributed by atoms with E-state index < -0.39 is 35.0 Å². The van der Waals surface area contributed by atoms with Crippen molar-refractivity contribution in [2.24, 2.45) is 0 Å². The maximum Gasteiger partial charge on any atom is 0.387 e. The molecule has 2 aromatic carbocycles. The van der Waals surface area contributed by atoms with Gasteiger partial charge in [-0.1, -0.05) is 12.1 Å². The van der Waals surface area contributed by atoms with Gasteiger partial charge in [-0.2, -0.15) is 8.78 Å². The fourth-order valence-corrected chi connectivity index (χ4v) is 4.65. The highest BCUT2D eigenvalue weighted by Crippen LogP contribution is 2.38. The summed E-state index contributed by atoms with van der Waals surface area (Å²) in [7, 11) is -1.55. The van der Waals surface area contributed by atoms with E-state index in [1.54, 1.807) is 12.1 Å². The van der Waals surface area contributed by atoms with E-state index in [0.29, 0.717) is 10.7 Å². The first-order valence-electron chi connectivity index (χ1n) is 9.31. The van der Waals surface area contributed by atoms with Crippen molar-refractivity contribution in [1.29, 1.82) is 0 Å². The van der Waals surface area contributed by atoms with Gasteiger partial charge in [-0.3, -0.25) is 9.59 Å². The molecule has 1 N–H and O–H groups in total. The summed E-state index contributed by atoms with van der Waals surface area (Å²) < 4.78 is 64.8. The number of hydrogen-bond donors (Lipinski definition) is 1. The normalized spacial score (nSPS) is 14.3. The second-order valence-electron chi connectivity index (χ2n) is 6.64. The quantitative estimate of drug-likeness (QED) is 0.595. The van der Waals surface area contributed by atoms with Gasteiger partial charge in [-0.15, -0.1) is 0 Å². The lowest BCUT2D eigenvalue weighted by Gasteiger charge is -2.14. The average molecular weight is 470 g/mol. The van der Waals surface area contributed by atoms with Crippen LogP contribution in [-0.4, -0.2) is 58.5 Å². The Balaban J connectivity index is 1.62. The van der Waals surface area contributed by atoms with Gasteiger partial charge >= 0.3 is 6.61 Å². The van der Waals surface area contributed by atoms with E-state index in [0.717, 1.165) is 5.56 Å². The minimum Gasteiger partial charge on any atom is -0.493 e. The molecule has 1 aliphatic rings. The van der Waals surface area contributed by atoms with Gasteiger partial charge in [0.2, 0.25) is 5.91 Å². The Morgan fingerprint density at radius 3 is 2.31 bits per heavy atom. The molecule has 0 unspecified atom stereocenters.